The zero-order valence-electron chi connectivity index (χ0n) is 9.36. The van der Waals surface area contributed by atoms with Gasteiger partial charge in [0.05, 0.1) is 0 Å². The highest BCUT2D eigenvalue weighted by molar-refractivity contribution is 7.99. The van der Waals surface area contributed by atoms with Gasteiger partial charge in [-0.3, -0.25) is 0 Å². The second-order valence-corrected chi connectivity index (χ2v) is 5.11. The molecule has 0 radical (unpaired) electrons. The van der Waals surface area contributed by atoms with E-state index in [1.54, 1.807) is 24.3 Å². The van der Waals surface area contributed by atoms with Crippen LogP contribution in [-0.2, 0) is 0 Å². The van der Waals surface area contributed by atoms with Crippen LogP contribution in [0, 0.1) is 0 Å². The lowest BCUT2D eigenvalue weighted by molar-refractivity contribution is -0.0498. The number of ether oxygens (including phenoxy) is 1. The molecular weight excluding hydrogens is 244 g/mol. The van der Waals surface area contributed by atoms with E-state index in [2.05, 4.69) is 10.1 Å². The average Bonchev–Trinajstić information content (AvgIpc) is 2.32. The third kappa shape index (κ3) is 4.07. The zero-order valence-corrected chi connectivity index (χ0v) is 10.2. The van der Waals surface area contributed by atoms with E-state index in [0.717, 1.165) is 11.4 Å². The molecule has 2 nitrogen and oxygen atoms in total. The first-order valence-corrected chi connectivity index (χ1v) is 6.78. The Hall–Kier alpha value is -0.970. The van der Waals surface area contributed by atoms with Crippen molar-refractivity contribution in [1.29, 1.82) is 0 Å². The van der Waals surface area contributed by atoms with Gasteiger partial charge in [-0.05, 0) is 42.9 Å². The summed E-state index contributed by atoms with van der Waals surface area (Å²) in [5.74, 6) is 2.54. The van der Waals surface area contributed by atoms with Crippen molar-refractivity contribution in [1.82, 2.24) is 0 Å². The van der Waals surface area contributed by atoms with Crippen LogP contribution in [0.2, 0.25) is 0 Å². The Morgan fingerprint density at radius 2 is 2.06 bits per heavy atom. The molecule has 0 aromatic heterocycles. The maximum Gasteiger partial charge on any atom is 0.387 e. The van der Waals surface area contributed by atoms with Crippen LogP contribution < -0.4 is 10.1 Å². The van der Waals surface area contributed by atoms with Crippen molar-refractivity contribution in [2.45, 2.75) is 25.5 Å². The number of rotatable bonds is 4. The molecule has 1 atom stereocenters. The molecule has 1 heterocycles. The van der Waals surface area contributed by atoms with Gasteiger partial charge in [0, 0.05) is 17.5 Å². The predicted octanol–water partition coefficient (Wildman–Crippen LogP) is 3.60. The molecule has 2 rings (SSSR count). The summed E-state index contributed by atoms with van der Waals surface area (Å²) >= 11 is 1.95. The van der Waals surface area contributed by atoms with E-state index in [0.29, 0.717) is 6.04 Å². The predicted molar refractivity (Wildman–Crippen MR) is 67.0 cm³/mol. The molecule has 1 aliphatic heterocycles. The van der Waals surface area contributed by atoms with Gasteiger partial charge in [-0.15, -0.1) is 0 Å². The highest BCUT2D eigenvalue weighted by atomic mass is 32.2. The van der Waals surface area contributed by atoms with Crippen LogP contribution in [0.3, 0.4) is 0 Å². The highest BCUT2D eigenvalue weighted by Crippen LogP contribution is 2.22. The minimum absolute atomic E-state index is 0.198. The number of nitrogens with one attached hydrogen (secondary N) is 1. The number of anilines is 1. The second kappa shape index (κ2) is 6.10. The first-order valence-electron chi connectivity index (χ1n) is 5.63. The van der Waals surface area contributed by atoms with Gasteiger partial charge < -0.3 is 10.1 Å². The number of hydrogen-bond donors (Lipinski definition) is 1. The Labute approximate surface area is 104 Å². The molecule has 5 heteroatoms. The largest absolute Gasteiger partial charge is 0.435 e. The fourth-order valence-electron chi connectivity index (χ4n) is 1.82. The molecule has 1 aromatic carbocycles. The van der Waals surface area contributed by atoms with E-state index < -0.39 is 6.61 Å². The molecular formula is C12H15F2NOS. The Bertz CT molecular complexity index is 339. The Kier molecular flexibility index (Phi) is 4.48. The normalized spacial score (nSPS) is 20.3. The summed E-state index contributed by atoms with van der Waals surface area (Å²) in [7, 11) is 0. The maximum atomic E-state index is 12.0. The molecule has 0 saturated carbocycles. The summed E-state index contributed by atoms with van der Waals surface area (Å²) in [5, 5.41) is 3.40. The number of benzene rings is 1. The highest BCUT2D eigenvalue weighted by Gasteiger charge is 2.13. The molecule has 1 saturated heterocycles. The van der Waals surface area contributed by atoms with Crippen LogP contribution in [0.1, 0.15) is 12.8 Å². The fourth-order valence-corrected chi connectivity index (χ4v) is 2.89. The molecule has 17 heavy (non-hydrogen) atoms. The zero-order chi connectivity index (χ0) is 12.1. The van der Waals surface area contributed by atoms with Crippen LogP contribution in [0.15, 0.2) is 24.3 Å². The van der Waals surface area contributed by atoms with Crippen LogP contribution in [0.5, 0.6) is 5.75 Å². The van der Waals surface area contributed by atoms with Gasteiger partial charge in [0.2, 0.25) is 0 Å². The Morgan fingerprint density at radius 1 is 1.29 bits per heavy atom. The van der Waals surface area contributed by atoms with Crippen molar-refractivity contribution in [3.05, 3.63) is 24.3 Å². The number of halogens is 2. The summed E-state index contributed by atoms with van der Waals surface area (Å²) in [6.07, 6.45) is 2.40. The van der Waals surface area contributed by atoms with Gasteiger partial charge in [-0.25, -0.2) is 0 Å². The Balaban J connectivity index is 1.88. The van der Waals surface area contributed by atoms with Crippen LogP contribution in [0.25, 0.3) is 0 Å². The molecule has 1 aliphatic rings. The molecule has 0 aliphatic carbocycles. The third-order valence-electron chi connectivity index (χ3n) is 2.61. The summed E-state index contributed by atoms with van der Waals surface area (Å²) in [4.78, 5) is 0. The minimum Gasteiger partial charge on any atom is -0.435 e. The number of alkyl halides is 2. The quantitative estimate of drug-likeness (QED) is 0.892. The lowest BCUT2D eigenvalue weighted by Gasteiger charge is -2.23. The van der Waals surface area contributed by atoms with Gasteiger partial charge in [-0.2, -0.15) is 20.5 Å². The van der Waals surface area contributed by atoms with Gasteiger partial charge in [0.1, 0.15) is 5.75 Å². The molecule has 0 amide bonds. The van der Waals surface area contributed by atoms with E-state index in [-0.39, 0.29) is 5.75 Å². The number of thioether (sulfide) groups is 1. The fraction of sp³-hybridized carbons (Fsp3) is 0.500. The van der Waals surface area contributed by atoms with Gasteiger partial charge in [0.25, 0.3) is 0 Å². The van der Waals surface area contributed by atoms with E-state index >= 15 is 0 Å². The summed E-state index contributed by atoms with van der Waals surface area (Å²) in [6.45, 7) is -2.76. The first-order chi connectivity index (χ1) is 8.24. The third-order valence-corrected chi connectivity index (χ3v) is 3.83. The van der Waals surface area contributed by atoms with Crippen LogP contribution >= 0.6 is 11.8 Å². The maximum absolute atomic E-state index is 12.0. The van der Waals surface area contributed by atoms with Crippen molar-refractivity contribution in [3.8, 4) is 5.75 Å². The topological polar surface area (TPSA) is 21.3 Å². The van der Waals surface area contributed by atoms with Crippen LogP contribution in [-0.4, -0.2) is 24.2 Å². The lowest BCUT2D eigenvalue weighted by atomic mass is 10.1. The van der Waals surface area contributed by atoms with Gasteiger partial charge in [0.15, 0.2) is 0 Å². The van der Waals surface area contributed by atoms with E-state index in [1.807, 2.05) is 11.8 Å². The monoisotopic (exact) mass is 259 g/mol. The lowest BCUT2D eigenvalue weighted by Crippen LogP contribution is -2.25. The summed E-state index contributed by atoms with van der Waals surface area (Å²) < 4.78 is 28.2. The molecule has 94 valence electrons. The van der Waals surface area contributed by atoms with Crippen LogP contribution in [0.4, 0.5) is 14.5 Å². The molecule has 0 bridgehead atoms. The molecule has 1 fully saturated rings. The minimum atomic E-state index is -2.76. The molecule has 0 spiro atoms. The van der Waals surface area contributed by atoms with E-state index in [9.17, 15) is 8.78 Å². The standard InChI is InChI=1S/C12H15F2NOS/c13-12(14)16-11-5-3-9(4-6-11)15-10-2-1-7-17-8-10/h3-6,10,12,15H,1-2,7-8H2. The van der Waals surface area contributed by atoms with Crippen molar-refractivity contribution in [3.63, 3.8) is 0 Å². The molecule has 1 aromatic rings. The molecule has 1 unspecified atom stereocenters. The van der Waals surface area contributed by atoms with Gasteiger partial charge in [-0.1, -0.05) is 0 Å². The van der Waals surface area contributed by atoms with E-state index in [4.69, 9.17) is 0 Å². The van der Waals surface area contributed by atoms with Crippen molar-refractivity contribution in [2.75, 3.05) is 16.8 Å². The van der Waals surface area contributed by atoms with Gasteiger partial charge >= 0.3 is 6.61 Å². The molecule has 1 N–H and O–H groups in total. The summed E-state index contributed by atoms with van der Waals surface area (Å²) in [6, 6.07) is 7.15. The Morgan fingerprint density at radius 3 is 2.65 bits per heavy atom. The van der Waals surface area contributed by atoms with Crippen molar-refractivity contribution in [2.24, 2.45) is 0 Å². The van der Waals surface area contributed by atoms with Crippen molar-refractivity contribution < 1.29 is 13.5 Å². The smallest absolute Gasteiger partial charge is 0.387 e. The second-order valence-electron chi connectivity index (χ2n) is 3.96. The van der Waals surface area contributed by atoms with E-state index in [1.165, 1.54) is 18.6 Å². The number of hydrogen-bond acceptors (Lipinski definition) is 3. The summed E-state index contributed by atoms with van der Waals surface area (Å²) in [5.41, 5.74) is 0.958. The average molecular weight is 259 g/mol. The SMILES string of the molecule is FC(F)Oc1ccc(NC2CCCSC2)cc1. The first kappa shape index (κ1) is 12.5. The van der Waals surface area contributed by atoms with Crippen molar-refractivity contribution >= 4 is 17.4 Å².